The highest BCUT2D eigenvalue weighted by Crippen LogP contribution is 2.08. The molecule has 2 aromatic rings. The molecule has 98 valence electrons. The molecule has 2 rings (SSSR count). The zero-order valence-corrected chi connectivity index (χ0v) is 10.2. The van der Waals surface area contributed by atoms with Gasteiger partial charge in [0.05, 0.1) is 17.8 Å². The van der Waals surface area contributed by atoms with E-state index in [0.717, 1.165) is 17.5 Å². The van der Waals surface area contributed by atoms with E-state index in [9.17, 15) is 9.59 Å². The van der Waals surface area contributed by atoms with Gasteiger partial charge in [0.25, 0.3) is 5.91 Å². The maximum Gasteiger partial charge on any atom is 0.338 e. The molecule has 0 unspecified atom stereocenters. The van der Waals surface area contributed by atoms with Crippen LogP contribution >= 0.6 is 0 Å². The van der Waals surface area contributed by atoms with Gasteiger partial charge >= 0.3 is 5.97 Å². The number of aromatic nitrogens is 1. The van der Waals surface area contributed by atoms with Gasteiger partial charge in [-0.15, -0.1) is 0 Å². The Balaban J connectivity index is 2.01. The van der Waals surface area contributed by atoms with Gasteiger partial charge < -0.3 is 14.8 Å². The van der Waals surface area contributed by atoms with Crippen LogP contribution in [0, 0.1) is 6.92 Å². The molecule has 6 heteroatoms. The Morgan fingerprint density at radius 1 is 1.47 bits per heavy atom. The molecule has 19 heavy (non-hydrogen) atoms. The first kappa shape index (κ1) is 12.8. The number of pyridine rings is 1. The van der Waals surface area contributed by atoms with Crippen LogP contribution in [-0.4, -0.2) is 22.0 Å². The number of nitrogens with zero attached hydrogens (tertiary/aromatic N) is 1. The molecule has 2 aromatic heterocycles. The van der Waals surface area contributed by atoms with Gasteiger partial charge in [0.2, 0.25) is 0 Å². The van der Waals surface area contributed by atoms with E-state index in [1.807, 2.05) is 19.1 Å². The number of carboxylic acid groups (broad SMARTS) is 1. The van der Waals surface area contributed by atoms with Crippen LogP contribution in [0.4, 0.5) is 0 Å². The monoisotopic (exact) mass is 260 g/mol. The Kier molecular flexibility index (Phi) is 3.61. The van der Waals surface area contributed by atoms with Crippen LogP contribution in [-0.2, 0) is 6.54 Å². The standard InChI is InChI=1S/C13H12N2O4/c1-8-3-2-4-14-10(8)6-15-12(16)11-5-9(7-19-11)13(17)18/h2-5,7H,6H2,1H3,(H,15,16)(H,17,18). The van der Waals surface area contributed by atoms with E-state index < -0.39 is 11.9 Å². The SMILES string of the molecule is Cc1cccnc1CNC(=O)c1cc(C(=O)O)co1. The molecule has 0 aliphatic carbocycles. The first-order chi connectivity index (χ1) is 9.08. The third-order valence-corrected chi connectivity index (χ3v) is 2.60. The number of nitrogens with one attached hydrogen (secondary N) is 1. The van der Waals surface area contributed by atoms with Gasteiger partial charge in [-0.2, -0.15) is 0 Å². The smallest absolute Gasteiger partial charge is 0.338 e. The van der Waals surface area contributed by atoms with Crippen LogP contribution in [0.1, 0.15) is 32.2 Å². The van der Waals surface area contributed by atoms with Crippen molar-refractivity contribution in [2.45, 2.75) is 13.5 Å². The lowest BCUT2D eigenvalue weighted by atomic mass is 10.2. The first-order valence-corrected chi connectivity index (χ1v) is 5.58. The summed E-state index contributed by atoms with van der Waals surface area (Å²) in [4.78, 5) is 26.5. The molecule has 0 bridgehead atoms. The van der Waals surface area contributed by atoms with Crippen LogP contribution in [0.3, 0.4) is 0 Å². The first-order valence-electron chi connectivity index (χ1n) is 5.58. The highest BCUT2D eigenvalue weighted by Gasteiger charge is 2.14. The molecule has 0 spiro atoms. The Bertz CT molecular complexity index is 619. The Morgan fingerprint density at radius 2 is 2.26 bits per heavy atom. The molecule has 0 aromatic carbocycles. The molecule has 0 saturated carbocycles. The Morgan fingerprint density at radius 3 is 2.89 bits per heavy atom. The van der Waals surface area contributed by atoms with E-state index in [1.54, 1.807) is 6.20 Å². The number of rotatable bonds is 4. The fourth-order valence-electron chi connectivity index (χ4n) is 1.52. The fourth-order valence-corrected chi connectivity index (χ4v) is 1.52. The molecule has 0 fully saturated rings. The highest BCUT2D eigenvalue weighted by atomic mass is 16.4. The van der Waals surface area contributed by atoms with Crippen molar-refractivity contribution in [1.29, 1.82) is 0 Å². The molecule has 0 aliphatic rings. The predicted molar refractivity (Wildman–Crippen MR) is 65.8 cm³/mol. The average Bonchev–Trinajstić information content (AvgIpc) is 2.87. The van der Waals surface area contributed by atoms with Crippen molar-refractivity contribution < 1.29 is 19.1 Å². The van der Waals surface area contributed by atoms with Crippen LogP contribution in [0.15, 0.2) is 35.1 Å². The zero-order valence-electron chi connectivity index (χ0n) is 10.2. The van der Waals surface area contributed by atoms with E-state index in [4.69, 9.17) is 9.52 Å². The fraction of sp³-hybridized carbons (Fsp3) is 0.154. The zero-order chi connectivity index (χ0) is 13.8. The van der Waals surface area contributed by atoms with Crippen LogP contribution in [0.5, 0.6) is 0 Å². The highest BCUT2D eigenvalue weighted by molar-refractivity contribution is 5.95. The van der Waals surface area contributed by atoms with Gasteiger partial charge in [0, 0.05) is 12.3 Å². The van der Waals surface area contributed by atoms with Gasteiger partial charge in [-0.25, -0.2) is 4.79 Å². The number of aromatic carboxylic acids is 1. The summed E-state index contributed by atoms with van der Waals surface area (Å²) in [6, 6.07) is 4.89. The number of hydrogen-bond donors (Lipinski definition) is 2. The Labute approximate surface area is 109 Å². The summed E-state index contributed by atoms with van der Waals surface area (Å²) in [5, 5.41) is 11.3. The number of carbonyl (C=O) groups is 2. The molecule has 0 atom stereocenters. The van der Waals surface area contributed by atoms with Gasteiger partial charge in [0.1, 0.15) is 6.26 Å². The molecular weight excluding hydrogens is 248 g/mol. The third-order valence-electron chi connectivity index (χ3n) is 2.60. The van der Waals surface area contributed by atoms with Gasteiger partial charge in [-0.05, 0) is 18.6 Å². The van der Waals surface area contributed by atoms with Gasteiger partial charge in [0.15, 0.2) is 5.76 Å². The largest absolute Gasteiger partial charge is 0.478 e. The van der Waals surface area contributed by atoms with Crippen molar-refractivity contribution in [2.24, 2.45) is 0 Å². The molecule has 0 aliphatic heterocycles. The number of furan rings is 1. The van der Waals surface area contributed by atoms with Crippen LogP contribution in [0.2, 0.25) is 0 Å². The minimum absolute atomic E-state index is 0.0361. The number of hydrogen-bond acceptors (Lipinski definition) is 4. The van der Waals surface area contributed by atoms with Crippen molar-refractivity contribution in [1.82, 2.24) is 10.3 Å². The van der Waals surface area contributed by atoms with Gasteiger partial charge in [-0.1, -0.05) is 6.07 Å². The van der Waals surface area contributed by atoms with Crippen molar-refractivity contribution in [3.05, 3.63) is 53.2 Å². The normalized spacial score (nSPS) is 10.2. The van der Waals surface area contributed by atoms with E-state index in [-0.39, 0.29) is 17.9 Å². The lowest BCUT2D eigenvalue weighted by molar-refractivity contribution is 0.0696. The van der Waals surface area contributed by atoms with Crippen molar-refractivity contribution in [3.8, 4) is 0 Å². The maximum atomic E-state index is 11.7. The second-order valence-corrected chi connectivity index (χ2v) is 3.95. The second kappa shape index (κ2) is 5.34. The Hall–Kier alpha value is -2.63. The summed E-state index contributed by atoms with van der Waals surface area (Å²) in [7, 11) is 0. The summed E-state index contributed by atoms with van der Waals surface area (Å²) >= 11 is 0. The summed E-state index contributed by atoms with van der Waals surface area (Å²) in [5.74, 6) is -1.65. The number of carboxylic acids is 1. The van der Waals surface area contributed by atoms with E-state index in [1.165, 1.54) is 6.07 Å². The molecule has 2 N–H and O–H groups in total. The van der Waals surface area contributed by atoms with E-state index in [2.05, 4.69) is 10.3 Å². The second-order valence-electron chi connectivity index (χ2n) is 3.95. The maximum absolute atomic E-state index is 11.7. The summed E-state index contributed by atoms with van der Waals surface area (Å²) < 4.78 is 4.89. The summed E-state index contributed by atoms with van der Waals surface area (Å²) in [6.07, 6.45) is 2.67. The number of amides is 1. The molecule has 0 radical (unpaired) electrons. The van der Waals surface area contributed by atoms with Crippen molar-refractivity contribution in [3.63, 3.8) is 0 Å². The molecular formula is C13H12N2O4. The molecule has 0 saturated heterocycles. The third kappa shape index (κ3) is 2.98. The van der Waals surface area contributed by atoms with Crippen LogP contribution in [0.25, 0.3) is 0 Å². The number of carbonyl (C=O) groups excluding carboxylic acids is 1. The lowest BCUT2D eigenvalue weighted by Crippen LogP contribution is -2.23. The predicted octanol–water partition coefficient (Wildman–Crippen LogP) is 1.61. The summed E-state index contributed by atoms with van der Waals surface area (Å²) in [6.45, 7) is 2.15. The van der Waals surface area contributed by atoms with Crippen molar-refractivity contribution in [2.75, 3.05) is 0 Å². The molecule has 1 amide bonds. The van der Waals surface area contributed by atoms with Gasteiger partial charge in [-0.3, -0.25) is 9.78 Å². The summed E-state index contributed by atoms with van der Waals surface area (Å²) in [5.41, 5.74) is 1.66. The lowest BCUT2D eigenvalue weighted by Gasteiger charge is -2.05. The van der Waals surface area contributed by atoms with Crippen LogP contribution < -0.4 is 5.32 Å². The van der Waals surface area contributed by atoms with E-state index in [0.29, 0.717) is 0 Å². The molecule has 2 heterocycles. The molecule has 6 nitrogen and oxygen atoms in total. The quantitative estimate of drug-likeness (QED) is 0.871. The minimum Gasteiger partial charge on any atom is -0.478 e. The van der Waals surface area contributed by atoms with E-state index >= 15 is 0 Å². The van der Waals surface area contributed by atoms with Crippen molar-refractivity contribution >= 4 is 11.9 Å². The average molecular weight is 260 g/mol. The topological polar surface area (TPSA) is 92.4 Å². The minimum atomic E-state index is -1.14. The number of aryl methyl sites for hydroxylation is 1.